The zero-order chi connectivity index (χ0) is 26.9. The van der Waals surface area contributed by atoms with Crippen LogP contribution in [0.5, 0.6) is 17.6 Å². The minimum absolute atomic E-state index is 0.00918. The van der Waals surface area contributed by atoms with E-state index in [1.165, 1.54) is 0 Å². The summed E-state index contributed by atoms with van der Waals surface area (Å²) in [4.78, 5) is 24.9. The van der Waals surface area contributed by atoms with Crippen LogP contribution < -0.4 is 14.2 Å². The van der Waals surface area contributed by atoms with Crippen molar-refractivity contribution in [2.45, 2.75) is 57.8 Å². The van der Waals surface area contributed by atoms with Gasteiger partial charge in [-0.1, -0.05) is 5.21 Å². The highest BCUT2D eigenvalue weighted by Crippen LogP contribution is 2.48. The lowest BCUT2D eigenvalue weighted by molar-refractivity contribution is -0.143. The van der Waals surface area contributed by atoms with Crippen molar-refractivity contribution in [3.8, 4) is 29.0 Å². The summed E-state index contributed by atoms with van der Waals surface area (Å²) in [5, 5.41) is 18.0. The Bertz CT molecular complexity index is 1340. The monoisotopic (exact) mass is 536 g/mol. The number of carboxylic acids is 1. The molecule has 0 amide bonds. The van der Waals surface area contributed by atoms with Gasteiger partial charge in [-0.05, 0) is 56.6 Å². The third kappa shape index (κ3) is 5.38. The smallest absolute Gasteiger partial charge is 0.320 e. The molecule has 3 aromatic heterocycles. The normalized spacial score (nSPS) is 25.9. The molecule has 1 N–H and O–H groups in total. The highest BCUT2D eigenvalue weighted by Gasteiger charge is 2.47. The van der Waals surface area contributed by atoms with Crippen LogP contribution in [-0.4, -0.2) is 66.4 Å². The molecule has 3 aromatic rings. The molecule has 0 spiro atoms. The van der Waals surface area contributed by atoms with Gasteiger partial charge in [-0.15, -0.1) is 5.10 Å². The highest BCUT2D eigenvalue weighted by molar-refractivity contribution is 5.71. The van der Waals surface area contributed by atoms with E-state index in [1.807, 2.05) is 19.1 Å². The van der Waals surface area contributed by atoms with E-state index < -0.39 is 5.97 Å². The van der Waals surface area contributed by atoms with Gasteiger partial charge in [0.1, 0.15) is 29.8 Å². The maximum absolute atomic E-state index is 11.6. The molecule has 39 heavy (non-hydrogen) atoms. The third-order valence-electron chi connectivity index (χ3n) is 8.03. The molecule has 206 valence electrons. The predicted molar refractivity (Wildman–Crippen MR) is 136 cm³/mol. The third-order valence-corrected chi connectivity index (χ3v) is 8.03. The molecule has 5 atom stereocenters. The van der Waals surface area contributed by atoms with Crippen LogP contribution in [0.25, 0.3) is 11.4 Å². The quantitative estimate of drug-likeness (QED) is 0.431. The summed E-state index contributed by atoms with van der Waals surface area (Å²) in [6, 6.07) is 5.65. The van der Waals surface area contributed by atoms with Crippen LogP contribution in [0.15, 0.2) is 24.4 Å². The van der Waals surface area contributed by atoms with Gasteiger partial charge in [0.05, 0.1) is 36.6 Å². The molecule has 3 fully saturated rings. The Morgan fingerprint density at radius 3 is 2.82 bits per heavy atom. The summed E-state index contributed by atoms with van der Waals surface area (Å²) < 4.78 is 25.0. The standard InChI is InChI=1S/C27H32N6O6/c1-15-23(38-18-11-16-3-4-19(26(34)35)20(16)12-18)6-5-21(29-15)25-22(33(2)32-31-25)14-37-27-28-9-7-24(30-27)39-17-8-10-36-13-17/h5-7,9,16-20H,3-4,8,10-14H2,1-2H3,(H,34,35)/t16-,17+,18+,19-,20+/m0/s1. The number of nitrogens with zero attached hydrogens (tertiary/aromatic N) is 6. The van der Waals surface area contributed by atoms with E-state index >= 15 is 0 Å². The number of pyridine rings is 1. The molecule has 12 heteroatoms. The highest BCUT2D eigenvalue weighted by atomic mass is 16.6. The lowest BCUT2D eigenvalue weighted by Crippen LogP contribution is -2.21. The molecule has 2 aliphatic carbocycles. The van der Waals surface area contributed by atoms with Gasteiger partial charge in [0.2, 0.25) is 5.88 Å². The summed E-state index contributed by atoms with van der Waals surface area (Å²) >= 11 is 0. The number of hydrogen-bond donors (Lipinski definition) is 1. The number of aromatic nitrogens is 6. The summed E-state index contributed by atoms with van der Waals surface area (Å²) in [5.74, 6) is 0.853. The van der Waals surface area contributed by atoms with Crippen molar-refractivity contribution in [1.82, 2.24) is 29.9 Å². The molecule has 0 aromatic carbocycles. The zero-order valence-corrected chi connectivity index (χ0v) is 22.0. The molecule has 6 rings (SSSR count). The summed E-state index contributed by atoms with van der Waals surface area (Å²) in [7, 11) is 1.79. The number of carbonyl (C=O) groups is 1. The number of fused-ring (bicyclic) bond motifs is 1. The Labute approximate surface area is 225 Å². The van der Waals surface area contributed by atoms with Gasteiger partial charge in [0.15, 0.2) is 0 Å². The van der Waals surface area contributed by atoms with Gasteiger partial charge in [0, 0.05) is 25.7 Å². The van der Waals surface area contributed by atoms with Crippen LogP contribution in [0.1, 0.15) is 43.5 Å². The first-order valence-electron chi connectivity index (χ1n) is 13.4. The summed E-state index contributed by atoms with van der Waals surface area (Å²) in [6.45, 7) is 3.28. The molecule has 12 nitrogen and oxygen atoms in total. The van der Waals surface area contributed by atoms with Crippen LogP contribution in [0.2, 0.25) is 0 Å². The number of aryl methyl sites for hydroxylation is 2. The van der Waals surface area contributed by atoms with E-state index in [2.05, 4.69) is 20.3 Å². The zero-order valence-electron chi connectivity index (χ0n) is 22.0. The van der Waals surface area contributed by atoms with E-state index in [1.54, 1.807) is 24.0 Å². The molecular weight excluding hydrogens is 504 g/mol. The first-order chi connectivity index (χ1) is 18.9. The average molecular weight is 537 g/mol. The number of hydrogen-bond acceptors (Lipinski definition) is 10. The second-order valence-corrected chi connectivity index (χ2v) is 10.5. The van der Waals surface area contributed by atoms with Crippen LogP contribution >= 0.6 is 0 Å². The van der Waals surface area contributed by atoms with Crippen LogP contribution in [0, 0.1) is 24.7 Å². The number of carboxylic acid groups (broad SMARTS) is 1. The molecule has 0 unspecified atom stereocenters. The van der Waals surface area contributed by atoms with Gasteiger partial charge >= 0.3 is 12.0 Å². The lowest BCUT2D eigenvalue weighted by atomic mass is 9.92. The molecule has 4 heterocycles. The lowest BCUT2D eigenvalue weighted by Gasteiger charge is -2.18. The van der Waals surface area contributed by atoms with E-state index in [9.17, 15) is 9.90 Å². The van der Waals surface area contributed by atoms with Crippen LogP contribution in [0.4, 0.5) is 0 Å². The minimum Gasteiger partial charge on any atom is -0.489 e. The van der Waals surface area contributed by atoms with Gasteiger partial charge in [-0.3, -0.25) is 4.79 Å². The number of aliphatic carboxylic acids is 1. The Balaban J connectivity index is 1.11. The fourth-order valence-corrected chi connectivity index (χ4v) is 6.03. The molecule has 0 radical (unpaired) electrons. The predicted octanol–water partition coefficient (Wildman–Crippen LogP) is 2.99. The SMILES string of the molecule is Cc1nc(-c2nnn(C)c2COc2nccc(O[C@@H]3CCOC3)n2)ccc1O[C@@H]1C[C@@H]2CC[C@H](C(=O)O)[C@@H]2C1. The maximum Gasteiger partial charge on any atom is 0.320 e. The fraction of sp³-hybridized carbons (Fsp3) is 0.556. The van der Waals surface area contributed by atoms with Gasteiger partial charge in [-0.25, -0.2) is 14.6 Å². The van der Waals surface area contributed by atoms with E-state index in [4.69, 9.17) is 23.9 Å². The largest absolute Gasteiger partial charge is 0.489 e. The van der Waals surface area contributed by atoms with Crippen LogP contribution in [-0.2, 0) is 23.2 Å². The Morgan fingerprint density at radius 1 is 1.13 bits per heavy atom. The Morgan fingerprint density at radius 2 is 2.03 bits per heavy atom. The van der Waals surface area contributed by atoms with Crippen LogP contribution in [0.3, 0.4) is 0 Å². The fourth-order valence-electron chi connectivity index (χ4n) is 6.03. The van der Waals surface area contributed by atoms with Gasteiger partial charge in [-0.2, -0.15) is 4.98 Å². The first-order valence-corrected chi connectivity index (χ1v) is 13.4. The van der Waals surface area contributed by atoms with E-state index in [-0.39, 0.29) is 36.7 Å². The van der Waals surface area contributed by atoms with Crippen molar-refractivity contribution < 1.29 is 28.8 Å². The van der Waals surface area contributed by atoms with Crippen molar-refractivity contribution >= 4 is 5.97 Å². The number of ether oxygens (including phenoxy) is 4. The maximum atomic E-state index is 11.6. The van der Waals surface area contributed by atoms with Gasteiger partial charge in [0.25, 0.3) is 0 Å². The Hall–Kier alpha value is -3.80. The summed E-state index contributed by atoms with van der Waals surface area (Å²) in [5.41, 5.74) is 2.71. The van der Waals surface area contributed by atoms with Gasteiger partial charge < -0.3 is 24.1 Å². The summed E-state index contributed by atoms with van der Waals surface area (Å²) in [6.07, 6.45) is 5.82. The molecule has 1 aliphatic heterocycles. The second kappa shape index (κ2) is 10.8. The molecule has 2 saturated carbocycles. The molecular formula is C27H32N6O6. The van der Waals surface area contributed by atoms with Crippen molar-refractivity contribution in [3.05, 3.63) is 35.8 Å². The number of rotatable bonds is 9. The van der Waals surface area contributed by atoms with Crippen molar-refractivity contribution in [1.29, 1.82) is 0 Å². The second-order valence-electron chi connectivity index (χ2n) is 10.5. The average Bonchev–Trinajstić information content (AvgIpc) is 3.70. The minimum atomic E-state index is -0.680. The topological polar surface area (TPSA) is 144 Å². The van der Waals surface area contributed by atoms with E-state index in [0.717, 1.165) is 43.5 Å². The molecule has 0 bridgehead atoms. The van der Waals surface area contributed by atoms with Crippen molar-refractivity contribution in [2.24, 2.45) is 24.8 Å². The van der Waals surface area contributed by atoms with Crippen molar-refractivity contribution in [2.75, 3.05) is 13.2 Å². The van der Waals surface area contributed by atoms with E-state index in [0.29, 0.717) is 42.1 Å². The molecule has 3 aliphatic rings. The van der Waals surface area contributed by atoms with Crippen molar-refractivity contribution in [3.63, 3.8) is 0 Å². The first kappa shape index (κ1) is 25.5. The molecule has 1 saturated heterocycles. The Kier molecular flexibility index (Phi) is 7.03.